The van der Waals surface area contributed by atoms with E-state index in [2.05, 4.69) is 5.32 Å². The molecule has 150 valence electrons. The van der Waals surface area contributed by atoms with Gasteiger partial charge in [-0.3, -0.25) is 9.59 Å². The first-order valence-corrected chi connectivity index (χ1v) is 9.69. The molecule has 0 aliphatic carbocycles. The number of hydrogen-bond donors (Lipinski definition) is 1. The summed E-state index contributed by atoms with van der Waals surface area (Å²) in [5, 5.41) is 3.69. The van der Waals surface area contributed by atoms with E-state index in [0.717, 1.165) is 12.0 Å². The van der Waals surface area contributed by atoms with Gasteiger partial charge in [-0.15, -0.1) is 0 Å². The van der Waals surface area contributed by atoms with Crippen LogP contribution in [-0.4, -0.2) is 25.4 Å². The van der Waals surface area contributed by atoms with Crippen LogP contribution in [0.25, 0.3) is 0 Å². The summed E-state index contributed by atoms with van der Waals surface area (Å²) in [4.78, 5) is 23.7. The summed E-state index contributed by atoms with van der Waals surface area (Å²) in [6.07, 6.45) is 1.70. The van der Waals surface area contributed by atoms with Crippen LogP contribution in [0.2, 0.25) is 5.02 Å². The Balaban J connectivity index is 1.83. The molecule has 0 radical (unpaired) electrons. The molecule has 2 aromatic rings. The number of Topliss-reactive ketones (excluding diaryl/α,β-unsaturated/α-hetero) is 1. The van der Waals surface area contributed by atoms with E-state index in [1.54, 1.807) is 18.2 Å². The second-order valence-electron chi connectivity index (χ2n) is 6.46. The van der Waals surface area contributed by atoms with Gasteiger partial charge in [-0.05, 0) is 55.7 Å². The summed E-state index contributed by atoms with van der Waals surface area (Å²) in [6, 6.07) is 12.5. The predicted molar refractivity (Wildman–Crippen MR) is 110 cm³/mol. The maximum Gasteiger partial charge on any atom is 0.220 e. The molecule has 0 bridgehead atoms. The molecule has 1 atom stereocenters. The van der Waals surface area contributed by atoms with Crippen LogP contribution in [0, 0.1) is 0 Å². The van der Waals surface area contributed by atoms with Gasteiger partial charge < -0.3 is 14.8 Å². The fourth-order valence-corrected chi connectivity index (χ4v) is 3.03. The third-order valence-electron chi connectivity index (χ3n) is 4.37. The highest BCUT2D eigenvalue weighted by Crippen LogP contribution is 2.28. The molecule has 0 spiro atoms. The van der Waals surface area contributed by atoms with Gasteiger partial charge in [0.15, 0.2) is 17.3 Å². The van der Waals surface area contributed by atoms with E-state index in [4.69, 9.17) is 21.1 Å². The third kappa shape index (κ3) is 6.27. The average Bonchev–Trinajstić information content (AvgIpc) is 2.69. The number of benzene rings is 2. The molecular weight excluding hydrogens is 378 g/mol. The van der Waals surface area contributed by atoms with Crippen LogP contribution in [0.1, 0.15) is 55.1 Å². The number of hydrogen-bond acceptors (Lipinski definition) is 4. The fourth-order valence-electron chi connectivity index (χ4n) is 2.83. The Morgan fingerprint density at radius 1 is 1.14 bits per heavy atom. The Kier molecular flexibility index (Phi) is 8.33. The summed E-state index contributed by atoms with van der Waals surface area (Å²) >= 11 is 6.04. The first kappa shape index (κ1) is 21.8. The predicted octanol–water partition coefficient (Wildman–Crippen LogP) is 4.98. The van der Waals surface area contributed by atoms with Crippen molar-refractivity contribution in [3.05, 3.63) is 58.6 Å². The summed E-state index contributed by atoms with van der Waals surface area (Å²) in [5.74, 6) is 0.989. The number of nitrogens with one attached hydrogen (secondary N) is 1. The van der Waals surface area contributed by atoms with Gasteiger partial charge in [-0.2, -0.15) is 0 Å². The normalized spacial score (nSPS) is 11.6. The van der Waals surface area contributed by atoms with Gasteiger partial charge >= 0.3 is 0 Å². The number of halogens is 1. The van der Waals surface area contributed by atoms with Gasteiger partial charge in [-0.1, -0.05) is 30.7 Å². The lowest BCUT2D eigenvalue weighted by Gasteiger charge is -2.18. The van der Waals surface area contributed by atoms with Crippen LogP contribution >= 0.6 is 11.6 Å². The van der Waals surface area contributed by atoms with Crippen molar-refractivity contribution < 1.29 is 19.1 Å². The van der Waals surface area contributed by atoms with Gasteiger partial charge in [0.2, 0.25) is 5.91 Å². The van der Waals surface area contributed by atoms with E-state index in [9.17, 15) is 9.59 Å². The minimum atomic E-state index is -0.0636. The van der Waals surface area contributed by atoms with Crippen molar-refractivity contribution in [3.63, 3.8) is 0 Å². The van der Waals surface area contributed by atoms with Gasteiger partial charge in [0.1, 0.15) is 0 Å². The number of rotatable bonds is 10. The van der Waals surface area contributed by atoms with Gasteiger partial charge in [0, 0.05) is 17.0 Å². The zero-order valence-electron chi connectivity index (χ0n) is 16.5. The van der Waals surface area contributed by atoms with E-state index in [1.165, 1.54) is 14.0 Å². The molecule has 5 nitrogen and oxygen atoms in total. The number of carbonyl (C=O) groups is 2. The van der Waals surface area contributed by atoms with Crippen molar-refractivity contribution in [3.8, 4) is 11.5 Å². The van der Waals surface area contributed by atoms with Crippen LogP contribution in [0.5, 0.6) is 11.5 Å². The molecule has 0 heterocycles. The zero-order chi connectivity index (χ0) is 20.5. The molecule has 6 heteroatoms. The fraction of sp³-hybridized carbons (Fsp3) is 0.364. The topological polar surface area (TPSA) is 64.6 Å². The smallest absolute Gasteiger partial charge is 0.220 e. The maximum atomic E-state index is 12.3. The van der Waals surface area contributed by atoms with Crippen molar-refractivity contribution in [2.24, 2.45) is 0 Å². The average molecular weight is 404 g/mol. The van der Waals surface area contributed by atoms with Crippen molar-refractivity contribution in [2.75, 3.05) is 13.7 Å². The van der Waals surface area contributed by atoms with E-state index in [1.807, 2.05) is 31.2 Å². The lowest BCUT2D eigenvalue weighted by molar-refractivity contribution is -0.122. The Morgan fingerprint density at radius 3 is 2.57 bits per heavy atom. The highest BCUT2D eigenvalue weighted by molar-refractivity contribution is 6.30. The van der Waals surface area contributed by atoms with E-state index in [0.29, 0.717) is 41.5 Å². The Bertz CT molecular complexity index is 822. The Hall–Kier alpha value is -2.53. The minimum Gasteiger partial charge on any atom is -0.493 e. The van der Waals surface area contributed by atoms with Crippen LogP contribution in [0.3, 0.4) is 0 Å². The first-order valence-electron chi connectivity index (χ1n) is 9.31. The van der Waals surface area contributed by atoms with E-state index in [-0.39, 0.29) is 17.7 Å². The zero-order valence-corrected chi connectivity index (χ0v) is 17.2. The molecule has 1 N–H and O–H groups in total. The van der Waals surface area contributed by atoms with Crippen LogP contribution in [0.15, 0.2) is 42.5 Å². The molecule has 0 aliphatic rings. The third-order valence-corrected chi connectivity index (χ3v) is 4.61. The molecule has 0 aromatic heterocycles. The number of carbonyl (C=O) groups excluding carboxylic acids is 2. The summed E-state index contributed by atoms with van der Waals surface area (Å²) in [7, 11) is 1.53. The lowest BCUT2D eigenvalue weighted by Crippen LogP contribution is -2.28. The summed E-state index contributed by atoms with van der Waals surface area (Å²) < 4.78 is 11.0. The quantitative estimate of drug-likeness (QED) is 0.449. The Morgan fingerprint density at radius 2 is 1.93 bits per heavy atom. The van der Waals surface area contributed by atoms with Crippen molar-refractivity contribution in [1.82, 2.24) is 5.32 Å². The maximum absolute atomic E-state index is 12.3. The molecular formula is C22H26ClNO4. The summed E-state index contributed by atoms with van der Waals surface area (Å²) in [6.45, 7) is 3.89. The van der Waals surface area contributed by atoms with Crippen LogP contribution < -0.4 is 14.8 Å². The molecule has 28 heavy (non-hydrogen) atoms. The molecule has 0 saturated carbocycles. The number of ketones is 1. The first-order chi connectivity index (χ1) is 13.4. The molecule has 0 aliphatic heterocycles. The van der Waals surface area contributed by atoms with Crippen molar-refractivity contribution >= 4 is 23.3 Å². The lowest BCUT2D eigenvalue weighted by atomic mass is 10.0. The van der Waals surface area contributed by atoms with Crippen LogP contribution in [-0.2, 0) is 4.79 Å². The summed E-state index contributed by atoms with van der Waals surface area (Å²) in [5.41, 5.74) is 1.56. The molecule has 0 fully saturated rings. The van der Waals surface area contributed by atoms with Gasteiger partial charge in [0.25, 0.3) is 0 Å². The number of amides is 1. The molecule has 1 unspecified atom stereocenters. The Labute approximate surface area is 171 Å². The highest BCUT2D eigenvalue weighted by atomic mass is 35.5. The second kappa shape index (κ2) is 10.7. The minimum absolute atomic E-state index is 0.0330. The molecule has 2 aromatic carbocycles. The van der Waals surface area contributed by atoms with E-state index >= 15 is 0 Å². The van der Waals surface area contributed by atoms with Crippen molar-refractivity contribution in [1.29, 1.82) is 0 Å². The van der Waals surface area contributed by atoms with Crippen molar-refractivity contribution in [2.45, 2.75) is 39.2 Å². The molecule has 0 saturated heterocycles. The highest BCUT2D eigenvalue weighted by Gasteiger charge is 2.13. The number of ether oxygens (including phenoxy) is 2. The standard InChI is InChI=1S/C22H26ClNO4/c1-4-19(17-7-5-8-18(23)13-17)24-22(26)9-6-12-28-20-11-10-16(15(2)25)14-21(20)27-3/h5,7-8,10-11,13-14,19H,4,6,9,12H2,1-3H3,(H,24,26). The number of methoxy groups -OCH3 is 1. The van der Waals surface area contributed by atoms with Gasteiger partial charge in [-0.25, -0.2) is 0 Å². The molecule has 1 amide bonds. The second-order valence-corrected chi connectivity index (χ2v) is 6.89. The van der Waals surface area contributed by atoms with Gasteiger partial charge in [0.05, 0.1) is 19.8 Å². The largest absolute Gasteiger partial charge is 0.493 e. The van der Waals surface area contributed by atoms with E-state index < -0.39 is 0 Å². The molecule has 2 rings (SSSR count). The van der Waals surface area contributed by atoms with Crippen LogP contribution in [0.4, 0.5) is 0 Å². The SMILES string of the molecule is CCC(NC(=O)CCCOc1ccc(C(C)=O)cc1OC)c1cccc(Cl)c1. The monoisotopic (exact) mass is 403 g/mol.